The summed E-state index contributed by atoms with van der Waals surface area (Å²) in [4.78, 5) is 0. The molecule has 0 amide bonds. The molecule has 0 aliphatic heterocycles. The normalized spacial score (nSPS) is 10.1. The summed E-state index contributed by atoms with van der Waals surface area (Å²) in [5.74, 6) is 0. The van der Waals surface area contributed by atoms with Crippen molar-refractivity contribution in [3.05, 3.63) is 41.0 Å². The first-order valence-corrected chi connectivity index (χ1v) is 4.31. The molecule has 0 nitrogen and oxygen atoms in total. The molecule has 0 bridgehead atoms. The molecule has 0 radical (unpaired) electrons. The minimum Gasteiger partial charge on any atom is -0.165 e. The van der Waals surface area contributed by atoms with Crippen molar-refractivity contribution in [1.82, 2.24) is 0 Å². The molecule has 13 heavy (non-hydrogen) atoms. The predicted molar refractivity (Wildman–Crippen MR) is 53.8 cm³/mol. The molecule has 62 valence electrons. The van der Waals surface area contributed by atoms with Crippen LogP contribution in [0.15, 0.2) is 24.3 Å². The summed E-state index contributed by atoms with van der Waals surface area (Å²) in [6.07, 6.45) is 0. The Morgan fingerprint density at radius 2 is 1.69 bits per heavy atom. The van der Waals surface area contributed by atoms with Gasteiger partial charge in [-0.05, 0) is 13.8 Å². The molecule has 0 saturated carbocycles. The third kappa shape index (κ3) is 1.85. The van der Waals surface area contributed by atoms with Gasteiger partial charge in [-0.2, -0.15) is 6.07 Å². The molecular weight excluding hydrogens is 151 g/mol. The standard InChI is InChI=1S/C12H13.Li/c1-8-4-10(3)12-7-9(2)6-11(12)5-8;/h4-7H,1-3H3;/q-1;+1. The topological polar surface area (TPSA) is 0 Å². The molecule has 2 aromatic carbocycles. The number of hydrogen-bond donors (Lipinski definition) is 0. The van der Waals surface area contributed by atoms with Gasteiger partial charge >= 0.3 is 18.9 Å². The number of rotatable bonds is 0. The zero-order valence-electron chi connectivity index (χ0n) is 8.81. The van der Waals surface area contributed by atoms with Gasteiger partial charge in [-0.1, -0.05) is 24.1 Å². The second-order valence-electron chi connectivity index (χ2n) is 3.62. The Kier molecular flexibility index (Phi) is 2.96. The quantitative estimate of drug-likeness (QED) is 0.392. The molecule has 0 aliphatic carbocycles. The summed E-state index contributed by atoms with van der Waals surface area (Å²) in [5, 5.41) is 2.78. The van der Waals surface area contributed by atoms with Crippen LogP contribution in [0.1, 0.15) is 16.7 Å². The van der Waals surface area contributed by atoms with Crippen molar-refractivity contribution in [2.24, 2.45) is 0 Å². The van der Waals surface area contributed by atoms with Crippen LogP contribution in [0.3, 0.4) is 0 Å². The first-order chi connectivity index (χ1) is 5.66. The second-order valence-corrected chi connectivity index (χ2v) is 3.62. The Balaban J connectivity index is 0.000000845. The van der Waals surface area contributed by atoms with E-state index in [4.69, 9.17) is 0 Å². The maximum Gasteiger partial charge on any atom is 1.00 e. The summed E-state index contributed by atoms with van der Waals surface area (Å²) >= 11 is 0. The molecule has 0 heterocycles. The van der Waals surface area contributed by atoms with Crippen LogP contribution in [0.5, 0.6) is 0 Å². The van der Waals surface area contributed by atoms with Gasteiger partial charge < -0.3 is 0 Å². The molecule has 2 aromatic rings. The average molecular weight is 164 g/mol. The smallest absolute Gasteiger partial charge is 0.165 e. The zero-order chi connectivity index (χ0) is 8.72. The number of benzene rings is 1. The van der Waals surface area contributed by atoms with E-state index in [0.717, 1.165) is 0 Å². The molecular formula is C12H13Li. The van der Waals surface area contributed by atoms with E-state index >= 15 is 0 Å². The van der Waals surface area contributed by atoms with Crippen LogP contribution in [0, 0.1) is 20.8 Å². The van der Waals surface area contributed by atoms with Crippen molar-refractivity contribution in [2.75, 3.05) is 0 Å². The minimum absolute atomic E-state index is 0. The molecule has 0 aliphatic rings. The Labute approximate surface area is 91.5 Å². The minimum atomic E-state index is 0. The molecule has 0 aromatic heterocycles. The predicted octanol–water partition coefficient (Wildman–Crippen LogP) is 0.488. The van der Waals surface area contributed by atoms with Gasteiger partial charge in [0, 0.05) is 0 Å². The third-order valence-corrected chi connectivity index (χ3v) is 2.32. The monoisotopic (exact) mass is 164 g/mol. The van der Waals surface area contributed by atoms with E-state index in [9.17, 15) is 0 Å². The number of aryl methyl sites for hydroxylation is 3. The Hall–Kier alpha value is -0.573. The van der Waals surface area contributed by atoms with Gasteiger partial charge in [0.25, 0.3) is 0 Å². The molecule has 0 saturated heterocycles. The molecule has 1 heteroatoms. The van der Waals surface area contributed by atoms with Crippen LogP contribution in [0.25, 0.3) is 10.8 Å². The van der Waals surface area contributed by atoms with E-state index in [1.54, 1.807) is 0 Å². The Morgan fingerprint density at radius 1 is 1.00 bits per heavy atom. The van der Waals surface area contributed by atoms with Crippen LogP contribution >= 0.6 is 0 Å². The largest absolute Gasteiger partial charge is 1.00 e. The fourth-order valence-corrected chi connectivity index (χ4v) is 1.84. The molecule has 0 unspecified atom stereocenters. The van der Waals surface area contributed by atoms with E-state index in [1.165, 1.54) is 27.5 Å². The van der Waals surface area contributed by atoms with E-state index in [1.807, 2.05) is 0 Å². The van der Waals surface area contributed by atoms with E-state index < -0.39 is 0 Å². The van der Waals surface area contributed by atoms with Gasteiger partial charge in [0.1, 0.15) is 0 Å². The van der Waals surface area contributed by atoms with Crippen molar-refractivity contribution in [3.8, 4) is 0 Å². The Bertz CT molecular complexity index is 424. The number of fused-ring (bicyclic) bond motifs is 1. The SMILES string of the molecule is Cc1cc(C)c2cc(C)[cH-]c2c1.[Li+]. The van der Waals surface area contributed by atoms with Crippen LogP contribution in [-0.2, 0) is 0 Å². The molecule has 0 atom stereocenters. The Morgan fingerprint density at radius 3 is 2.38 bits per heavy atom. The van der Waals surface area contributed by atoms with Gasteiger partial charge in [0.05, 0.1) is 0 Å². The average Bonchev–Trinajstić information content (AvgIpc) is 2.29. The van der Waals surface area contributed by atoms with E-state index in [2.05, 4.69) is 45.0 Å². The summed E-state index contributed by atoms with van der Waals surface area (Å²) in [5.41, 5.74) is 4.10. The molecule has 2 rings (SSSR count). The second kappa shape index (κ2) is 3.66. The maximum absolute atomic E-state index is 2.25. The van der Waals surface area contributed by atoms with E-state index in [0.29, 0.717) is 0 Å². The zero-order valence-corrected chi connectivity index (χ0v) is 8.81. The molecule has 0 N–H and O–H groups in total. The van der Waals surface area contributed by atoms with Gasteiger partial charge in [0.2, 0.25) is 0 Å². The van der Waals surface area contributed by atoms with Crippen molar-refractivity contribution in [1.29, 1.82) is 0 Å². The van der Waals surface area contributed by atoms with Gasteiger partial charge in [-0.15, -0.1) is 28.5 Å². The molecule has 0 fully saturated rings. The summed E-state index contributed by atoms with van der Waals surface area (Å²) in [6.45, 7) is 6.47. The van der Waals surface area contributed by atoms with Gasteiger partial charge in [-0.25, -0.2) is 0 Å². The van der Waals surface area contributed by atoms with E-state index in [-0.39, 0.29) is 18.9 Å². The fraction of sp³-hybridized carbons (Fsp3) is 0.250. The van der Waals surface area contributed by atoms with Crippen LogP contribution in [0.4, 0.5) is 0 Å². The first-order valence-electron chi connectivity index (χ1n) is 4.31. The number of hydrogen-bond acceptors (Lipinski definition) is 0. The summed E-state index contributed by atoms with van der Waals surface area (Å²) in [7, 11) is 0. The summed E-state index contributed by atoms with van der Waals surface area (Å²) in [6, 6.07) is 8.98. The van der Waals surface area contributed by atoms with Crippen molar-refractivity contribution >= 4 is 10.8 Å². The summed E-state index contributed by atoms with van der Waals surface area (Å²) < 4.78 is 0. The van der Waals surface area contributed by atoms with Crippen LogP contribution < -0.4 is 18.9 Å². The van der Waals surface area contributed by atoms with Crippen molar-refractivity contribution < 1.29 is 18.9 Å². The first kappa shape index (κ1) is 10.5. The third-order valence-electron chi connectivity index (χ3n) is 2.32. The molecule has 0 spiro atoms. The van der Waals surface area contributed by atoms with Gasteiger partial charge in [0.15, 0.2) is 0 Å². The van der Waals surface area contributed by atoms with Crippen LogP contribution in [0.2, 0.25) is 0 Å². The maximum atomic E-state index is 2.25. The van der Waals surface area contributed by atoms with Crippen molar-refractivity contribution in [2.45, 2.75) is 20.8 Å². The van der Waals surface area contributed by atoms with Crippen molar-refractivity contribution in [3.63, 3.8) is 0 Å². The van der Waals surface area contributed by atoms with Crippen LogP contribution in [-0.4, -0.2) is 0 Å². The fourth-order valence-electron chi connectivity index (χ4n) is 1.84. The van der Waals surface area contributed by atoms with Gasteiger partial charge in [-0.3, -0.25) is 0 Å².